The van der Waals surface area contributed by atoms with Gasteiger partial charge in [-0.3, -0.25) is 0 Å². The maximum Gasteiger partial charge on any atom is 0.134 e. The number of nitrogens with two attached hydrogens (primary N) is 1. The molecule has 0 saturated carbocycles. The standard InChI is InChI=1S/C13H14N2O3/c1-16-10-5-11(17-2)7-12(6-10)18-9-3-4-15-13(14)8-9/h3-8H,1-2H3,(H2,14,15). The van der Waals surface area contributed by atoms with Gasteiger partial charge in [-0.05, 0) is 6.07 Å². The topological polar surface area (TPSA) is 66.6 Å². The van der Waals surface area contributed by atoms with Gasteiger partial charge in [0.05, 0.1) is 14.2 Å². The van der Waals surface area contributed by atoms with Crippen molar-refractivity contribution in [2.45, 2.75) is 0 Å². The molecule has 1 heterocycles. The molecule has 0 radical (unpaired) electrons. The molecule has 0 amide bonds. The number of pyridine rings is 1. The molecule has 0 saturated heterocycles. The highest BCUT2D eigenvalue weighted by Crippen LogP contribution is 2.30. The Kier molecular flexibility index (Phi) is 3.52. The summed E-state index contributed by atoms with van der Waals surface area (Å²) in [6.07, 6.45) is 1.59. The van der Waals surface area contributed by atoms with E-state index >= 15 is 0 Å². The van der Waals surface area contributed by atoms with Crippen LogP contribution in [0.25, 0.3) is 0 Å². The third kappa shape index (κ3) is 2.82. The quantitative estimate of drug-likeness (QED) is 0.897. The summed E-state index contributed by atoms with van der Waals surface area (Å²) in [7, 11) is 3.17. The van der Waals surface area contributed by atoms with Crippen LogP contribution in [-0.4, -0.2) is 19.2 Å². The average molecular weight is 246 g/mol. The third-order valence-electron chi connectivity index (χ3n) is 2.31. The third-order valence-corrected chi connectivity index (χ3v) is 2.31. The van der Waals surface area contributed by atoms with Gasteiger partial charge < -0.3 is 19.9 Å². The maximum atomic E-state index is 5.66. The highest BCUT2D eigenvalue weighted by molar-refractivity contribution is 5.45. The van der Waals surface area contributed by atoms with Gasteiger partial charge in [0.15, 0.2) is 0 Å². The number of hydrogen-bond acceptors (Lipinski definition) is 5. The summed E-state index contributed by atoms with van der Waals surface area (Å²) in [6.45, 7) is 0. The number of nitrogens with zero attached hydrogens (tertiary/aromatic N) is 1. The van der Waals surface area contributed by atoms with Crippen molar-refractivity contribution in [2.75, 3.05) is 20.0 Å². The normalized spacial score (nSPS) is 9.89. The minimum Gasteiger partial charge on any atom is -0.496 e. The molecule has 2 rings (SSSR count). The molecule has 0 aliphatic rings. The van der Waals surface area contributed by atoms with Crippen molar-refractivity contribution in [3.63, 3.8) is 0 Å². The summed E-state index contributed by atoms with van der Waals surface area (Å²) in [4.78, 5) is 3.90. The van der Waals surface area contributed by atoms with Crippen LogP contribution < -0.4 is 19.9 Å². The van der Waals surface area contributed by atoms with Gasteiger partial charge in [-0.1, -0.05) is 0 Å². The fourth-order valence-corrected chi connectivity index (χ4v) is 1.47. The zero-order valence-electron chi connectivity index (χ0n) is 10.2. The Balaban J connectivity index is 2.28. The van der Waals surface area contributed by atoms with Crippen LogP contribution in [0, 0.1) is 0 Å². The number of anilines is 1. The van der Waals surface area contributed by atoms with Gasteiger partial charge in [0.1, 0.15) is 28.8 Å². The summed E-state index contributed by atoms with van der Waals surface area (Å²) in [5.74, 6) is 2.94. The summed E-state index contributed by atoms with van der Waals surface area (Å²) in [6, 6.07) is 8.67. The van der Waals surface area contributed by atoms with E-state index in [2.05, 4.69) is 4.98 Å². The largest absolute Gasteiger partial charge is 0.496 e. The number of benzene rings is 1. The highest BCUT2D eigenvalue weighted by Gasteiger charge is 2.04. The molecule has 0 atom stereocenters. The van der Waals surface area contributed by atoms with Crippen LogP contribution >= 0.6 is 0 Å². The fraction of sp³-hybridized carbons (Fsp3) is 0.154. The Morgan fingerprint density at radius 3 is 2.06 bits per heavy atom. The molecule has 2 aromatic rings. The molecular weight excluding hydrogens is 232 g/mol. The molecule has 1 aromatic heterocycles. The maximum absolute atomic E-state index is 5.66. The molecule has 18 heavy (non-hydrogen) atoms. The second-order valence-electron chi connectivity index (χ2n) is 3.57. The molecule has 1 aromatic carbocycles. The molecule has 5 heteroatoms. The highest BCUT2D eigenvalue weighted by atomic mass is 16.5. The smallest absolute Gasteiger partial charge is 0.134 e. The van der Waals surface area contributed by atoms with E-state index in [4.69, 9.17) is 19.9 Å². The molecule has 0 aliphatic carbocycles. The molecule has 0 spiro atoms. The van der Waals surface area contributed by atoms with E-state index in [1.54, 1.807) is 50.7 Å². The van der Waals surface area contributed by atoms with Crippen LogP contribution in [0.2, 0.25) is 0 Å². The number of methoxy groups -OCH3 is 2. The van der Waals surface area contributed by atoms with Crippen LogP contribution in [0.1, 0.15) is 0 Å². The molecule has 0 aliphatic heterocycles. The average Bonchev–Trinajstić information content (AvgIpc) is 2.38. The Morgan fingerprint density at radius 2 is 1.50 bits per heavy atom. The molecule has 0 fully saturated rings. The van der Waals surface area contributed by atoms with Gasteiger partial charge >= 0.3 is 0 Å². The Bertz CT molecular complexity index is 521. The van der Waals surface area contributed by atoms with Gasteiger partial charge in [-0.15, -0.1) is 0 Å². The van der Waals surface area contributed by atoms with Crippen molar-refractivity contribution in [3.05, 3.63) is 36.5 Å². The van der Waals surface area contributed by atoms with Gasteiger partial charge in [-0.25, -0.2) is 4.98 Å². The molecule has 5 nitrogen and oxygen atoms in total. The predicted molar refractivity (Wildman–Crippen MR) is 68.3 cm³/mol. The van der Waals surface area contributed by atoms with E-state index in [-0.39, 0.29) is 0 Å². The lowest BCUT2D eigenvalue weighted by atomic mass is 10.3. The summed E-state index contributed by atoms with van der Waals surface area (Å²) >= 11 is 0. The summed E-state index contributed by atoms with van der Waals surface area (Å²) < 4.78 is 16.0. The van der Waals surface area contributed by atoms with Gasteiger partial charge in [0.25, 0.3) is 0 Å². The predicted octanol–water partition coefficient (Wildman–Crippen LogP) is 2.47. The van der Waals surface area contributed by atoms with Crippen molar-refractivity contribution >= 4 is 5.82 Å². The second kappa shape index (κ2) is 5.27. The van der Waals surface area contributed by atoms with Gasteiger partial charge in [0, 0.05) is 30.5 Å². The summed E-state index contributed by atoms with van der Waals surface area (Å²) in [5, 5.41) is 0. The Hall–Kier alpha value is -2.43. The minimum absolute atomic E-state index is 0.405. The van der Waals surface area contributed by atoms with Crippen LogP contribution in [0.15, 0.2) is 36.5 Å². The first-order valence-electron chi connectivity index (χ1n) is 5.33. The van der Waals surface area contributed by atoms with E-state index in [1.807, 2.05) is 0 Å². The van der Waals surface area contributed by atoms with E-state index in [9.17, 15) is 0 Å². The summed E-state index contributed by atoms with van der Waals surface area (Å²) in [5.41, 5.74) is 5.58. The van der Waals surface area contributed by atoms with Crippen LogP contribution in [0.3, 0.4) is 0 Å². The van der Waals surface area contributed by atoms with Crippen molar-refractivity contribution in [3.8, 4) is 23.0 Å². The fourth-order valence-electron chi connectivity index (χ4n) is 1.47. The number of aromatic nitrogens is 1. The lowest BCUT2D eigenvalue weighted by molar-refractivity contribution is 0.386. The molecule has 0 bridgehead atoms. The molecule has 94 valence electrons. The number of hydrogen-bond donors (Lipinski definition) is 1. The van der Waals surface area contributed by atoms with Crippen molar-refractivity contribution < 1.29 is 14.2 Å². The van der Waals surface area contributed by atoms with Crippen LogP contribution in [-0.2, 0) is 0 Å². The Morgan fingerprint density at radius 1 is 0.889 bits per heavy atom. The molecule has 2 N–H and O–H groups in total. The van der Waals surface area contributed by atoms with Crippen molar-refractivity contribution in [1.82, 2.24) is 4.98 Å². The van der Waals surface area contributed by atoms with Gasteiger partial charge in [-0.2, -0.15) is 0 Å². The van der Waals surface area contributed by atoms with Crippen molar-refractivity contribution in [1.29, 1.82) is 0 Å². The molecule has 0 unspecified atom stereocenters. The SMILES string of the molecule is COc1cc(OC)cc(Oc2ccnc(N)c2)c1. The second-order valence-corrected chi connectivity index (χ2v) is 3.57. The van der Waals surface area contributed by atoms with Crippen LogP contribution in [0.5, 0.6) is 23.0 Å². The van der Waals surface area contributed by atoms with E-state index in [0.717, 1.165) is 0 Å². The number of ether oxygens (including phenoxy) is 3. The lowest BCUT2D eigenvalue weighted by Crippen LogP contribution is -1.92. The van der Waals surface area contributed by atoms with E-state index in [0.29, 0.717) is 28.8 Å². The number of nitrogen functional groups attached to an aromatic ring is 1. The zero-order valence-corrected chi connectivity index (χ0v) is 10.2. The lowest BCUT2D eigenvalue weighted by Gasteiger charge is -2.10. The van der Waals surface area contributed by atoms with Crippen molar-refractivity contribution in [2.24, 2.45) is 0 Å². The zero-order chi connectivity index (χ0) is 13.0. The first-order valence-corrected chi connectivity index (χ1v) is 5.33. The first-order chi connectivity index (χ1) is 8.71. The van der Waals surface area contributed by atoms with E-state index in [1.165, 1.54) is 0 Å². The first kappa shape index (κ1) is 12.0. The van der Waals surface area contributed by atoms with E-state index < -0.39 is 0 Å². The van der Waals surface area contributed by atoms with Crippen LogP contribution in [0.4, 0.5) is 5.82 Å². The number of rotatable bonds is 4. The monoisotopic (exact) mass is 246 g/mol. The molecular formula is C13H14N2O3. The Labute approximate surface area is 105 Å². The minimum atomic E-state index is 0.405. The van der Waals surface area contributed by atoms with Gasteiger partial charge in [0.2, 0.25) is 0 Å².